The number of aliphatic imine (C=N–C) groups is 1. The van der Waals surface area contributed by atoms with E-state index in [1.807, 2.05) is 73.7 Å². The van der Waals surface area contributed by atoms with Gasteiger partial charge in [-0.1, -0.05) is 60.7 Å². The Bertz CT molecular complexity index is 1020. The first-order valence-corrected chi connectivity index (χ1v) is 8.73. The Morgan fingerprint density at radius 1 is 1.22 bits per heavy atom. The van der Waals surface area contributed by atoms with Crippen LogP contribution in [0.2, 0.25) is 0 Å². The maximum atomic E-state index is 11.5. The van der Waals surface area contributed by atoms with Crippen molar-refractivity contribution in [3.05, 3.63) is 94.2 Å². The second-order valence-corrected chi connectivity index (χ2v) is 6.17. The fourth-order valence-electron chi connectivity index (χ4n) is 3.31. The third-order valence-electron chi connectivity index (χ3n) is 4.49. The molecule has 5 heteroatoms. The number of H-pyrrole nitrogens is 1. The highest BCUT2D eigenvalue weighted by Gasteiger charge is 2.28. The third-order valence-corrected chi connectivity index (χ3v) is 4.49. The van der Waals surface area contributed by atoms with Crippen LogP contribution in [0.25, 0.3) is 22.2 Å². The van der Waals surface area contributed by atoms with Gasteiger partial charge in [0.05, 0.1) is 17.3 Å². The molecule has 0 amide bonds. The molecule has 1 N–H and O–H groups in total. The first-order valence-electron chi connectivity index (χ1n) is 8.73. The maximum absolute atomic E-state index is 11.5. The number of rotatable bonds is 7. The van der Waals surface area contributed by atoms with E-state index in [0.717, 1.165) is 27.7 Å². The first-order chi connectivity index (χ1) is 13.2. The lowest BCUT2D eigenvalue weighted by atomic mass is 9.90. The Balaban J connectivity index is 2.30. The fraction of sp³-hybridized carbons (Fsp3) is 0.136. The van der Waals surface area contributed by atoms with Crippen molar-refractivity contribution in [2.45, 2.75) is 12.8 Å². The Morgan fingerprint density at radius 2 is 1.93 bits per heavy atom. The summed E-state index contributed by atoms with van der Waals surface area (Å²) in [6.45, 7) is 5.28. The molecule has 1 heterocycles. The van der Waals surface area contributed by atoms with Gasteiger partial charge in [0.1, 0.15) is 0 Å². The van der Waals surface area contributed by atoms with Crippen LogP contribution in [0.5, 0.6) is 0 Å². The van der Waals surface area contributed by atoms with Gasteiger partial charge < -0.3 is 4.98 Å². The van der Waals surface area contributed by atoms with E-state index < -0.39 is 5.92 Å². The van der Waals surface area contributed by atoms with Gasteiger partial charge in [-0.2, -0.15) is 0 Å². The lowest BCUT2D eigenvalue weighted by Gasteiger charge is -2.15. The topological polar surface area (TPSA) is 71.3 Å². The summed E-state index contributed by atoms with van der Waals surface area (Å²) in [4.78, 5) is 18.7. The zero-order valence-corrected chi connectivity index (χ0v) is 15.1. The van der Waals surface area contributed by atoms with Crippen molar-refractivity contribution in [2.24, 2.45) is 4.99 Å². The molecule has 3 rings (SSSR count). The van der Waals surface area contributed by atoms with Crippen molar-refractivity contribution in [1.29, 1.82) is 0 Å². The molecule has 0 saturated heterocycles. The summed E-state index contributed by atoms with van der Waals surface area (Å²) < 4.78 is 0. The molecule has 0 radical (unpaired) electrons. The van der Waals surface area contributed by atoms with Crippen LogP contribution in [-0.4, -0.2) is 23.2 Å². The van der Waals surface area contributed by atoms with Crippen LogP contribution >= 0.6 is 0 Å². The number of hydrogen-bond donors (Lipinski definition) is 1. The molecule has 136 valence electrons. The van der Waals surface area contributed by atoms with Gasteiger partial charge in [-0.3, -0.25) is 15.1 Å². The van der Waals surface area contributed by atoms with Crippen LogP contribution in [0.4, 0.5) is 0 Å². The van der Waals surface area contributed by atoms with E-state index in [4.69, 9.17) is 0 Å². The molecule has 0 fully saturated rings. The number of aromatic nitrogens is 1. The molecule has 2 aromatic carbocycles. The minimum atomic E-state index is -0.514. The van der Waals surface area contributed by atoms with Gasteiger partial charge in [0.2, 0.25) is 6.54 Å². The van der Waals surface area contributed by atoms with Crippen molar-refractivity contribution in [2.75, 3.05) is 6.54 Å². The molecule has 3 aromatic rings. The van der Waals surface area contributed by atoms with E-state index in [-0.39, 0.29) is 11.5 Å². The number of nitrogens with zero attached hydrogens (tertiary/aromatic N) is 2. The summed E-state index contributed by atoms with van der Waals surface area (Å²) in [6, 6.07) is 17.7. The zero-order chi connectivity index (χ0) is 19.2. The average Bonchev–Trinajstić information content (AvgIpc) is 3.07. The summed E-state index contributed by atoms with van der Waals surface area (Å²) in [6.07, 6.45) is 5.48. The molecule has 1 aromatic heterocycles. The Labute approximate surface area is 157 Å². The van der Waals surface area contributed by atoms with E-state index in [2.05, 4.69) is 16.7 Å². The number of allylic oxidation sites excluding steroid dienone is 3. The smallest absolute Gasteiger partial charge is 0.216 e. The Morgan fingerprint density at radius 3 is 2.59 bits per heavy atom. The van der Waals surface area contributed by atoms with E-state index in [0.29, 0.717) is 5.70 Å². The van der Waals surface area contributed by atoms with Crippen LogP contribution in [0.15, 0.2) is 83.5 Å². The van der Waals surface area contributed by atoms with Gasteiger partial charge in [0, 0.05) is 21.4 Å². The summed E-state index contributed by atoms with van der Waals surface area (Å²) in [7, 11) is 0. The standard InChI is InChI=1S/C22H21N3O2/c1-3-4-13-19(23-2)18(15-25(26)27)21-17-12-8-9-14-20(17)24-22(21)16-10-6-5-7-11-16/h3-14,18,24H,2,15H2,1H3/b4-3-,19-13-/t18-/m1/s1. The minimum Gasteiger partial charge on any atom is -0.354 e. The summed E-state index contributed by atoms with van der Waals surface area (Å²) in [5, 5.41) is 12.4. The number of para-hydroxylation sites is 1. The highest BCUT2D eigenvalue weighted by atomic mass is 16.6. The molecule has 5 nitrogen and oxygen atoms in total. The molecule has 0 saturated carbocycles. The number of fused-ring (bicyclic) bond motifs is 1. The molecular formula is C22H21N3O2. The van der Waals surface area contributed by atoms with Gasteiger partial charge in [0.25, 0.3) is 0 Å². The number of nitrogens with one attached hydrogen (secondary N) is 1. The lowest BCUT2D eigenvalue weighted by Crippen LogP contribution is -2.15. The molecule has 1 atom stereocenters. The molecule has 0 unspecified atom stereocenters. The highest BCUT2D eigenvalue weighted by Crippen LogP contribution is 2.39. The van der Waals surface area contributed by atoms with E-state index >= 15 is 0 Å². The Kier molecular flexibility index (Phi) is 5.61. The van der Waals surface area contributed by atoms with Gasteiger partial charge in [-0.15, -0.1) is 0 Å². The second kappa shape index (κ2) is 8.27. The third kappa shape index (κ3) is 3.87. The van der Waals surface area contributed by atoms with Crippen LogP contribution in [0.1, 0.15) is 18.4 Å². The number of hydrogen-bond acceptors (Lipinski definition) is 3. The quantitative estimate of drug-likeness (QED) is 0.267. The second-order valence-electron chi connectivity index (χ2n) is 6.17. The molecule has 0 bridgehead atoms. The zero-order valence-electron chi connectivity index (χ0n) is 15.1. The van der Waals surface area contributed by atoms with Gasteiger partial charge in [-0.25, -0.2) is 0 Å². The van der Waals surface area contributed by atoms with Gasteiger partial charge >= 0.3 is 0 Å². The predicted octanol–water partition coefficient (Wildman–Crippen LogP) is 5.36. The van der Waals surface area contributed by atoms with E-state index in [1.165, 1.54) is 0 Å². The van der Waals surface area contributed by atoms with Crippen molar-refractivity contribution in [3.63, 3.8) is 0 Å². The summed E-state index contributed by atoms with van der Waals surface area (Å²) in [5.41, 5.74) is 4.24. The molecule has 0 aliphatic rings. The van der Waals surface area contributed by atoms with Gasteiger partial charge in [0.15, 0.2) is 0 Å². The van der Waals surface area contributed by atoms with Gasteiger partial charge in [-0.05, 0) is 31.3 Å². The van der Waals surface area contributed by atoms with Crippen molar-refractivity contribution < 1.29 is 4.92 Å². The van der Waals surface area contributed by atoms with Crippen LogP contribution in [0, 0.1) is 10.1 Å². The van der Waals surface area contributed by atoms with Crippen molar-refractivity contribution in [3.8, 4) is 11.3 Å². The van der Waals surface area contributed by atoms with Crippen LogP contribution < -0.4 is 0 Å². The summed E-state index contributed by atoms with van der Waals surface area (Å²) in [5.74, 6) is -0.514. The maximum Gasteiger partial charge on any atom is 0.216 e. The SMILES string of the molecule is C=N/C(=C\C=C/C)[C@@H](C[N+](=O)[O-])c1c(-c2ccccc2)[nH]c2ccccc12. The number of nitro groups is 1. The molecule has 0 aliphatic carbocycles. The van der Waals surface area contributed by atoms with Crippen LogP contribution in [0.3, 0.4) is 0 Å². The first kappa shape index (κ1) is 18.3. The monoisotopic (exact) mass is 359 g/mol. The lowest BCUT2D eigenvalue weighted by molar-refractivity contribution is -0.481. The molecular weight excluding hydrogens is 338 g/mol. The molecule has 0 spiro atoms. The fourth-order valence-corrected chi connectivity index (χ4v) is 3.31. The van der Waals surface area contributed by atoms with Crippen LogP contribution in [-0.2, 0) is 0 Å². The highest BCUT2D eigenvalue weighted by molar-refractivity contribution is 5.92. The van der Waals surface area contributed by atoms with E-state index in [1.54, 1.807) is 6.08 Å². The minimum absolute atomic E-state index is 0.260. The number of aromatic amines is 1. The van der Waals surface area contributed by atoms with E-state index in [9.17, 15) is 10.1 Å². The molecule has 27 heavy (non-hydrogen) atoms. The van der Waals surface area contributed by atoms with Crippen molar-refractivity contribution in [1.82, 2.24) is 4.98 Å². The Hall–Kier alpha value is -3.47. The largest absolute Gasteiger partial charge is 0.354 e. The van der Waals surface area contributed by atoms with Crippen molar-refractivity contribution >= 4 is 17.6 Å². The molecule has 0 aliphatic heterocycles. The average molecular weight is 359 g/mol. The summed E-state index contributed by atoms with van der Waals surface area (Å²) >= 11 is 0. The number of benzene rings is 2. The normalized spacial score (nSPS) is 13.1. The predicted molar refractivity (Wildman–Crippen MR) is 111 cm³/mol.